The van der Waals surface area contributed by atoms with Crippen molar-refractivity contribution in [3.63, 3.8) is 0 Å². The lowest BCUT2D eigenvalue weighted by molar-refractivity contribution is -0.192. The van der Waals surface area contributed by atoms with Gasteiger partial charge in [0.15, 0.2) is 0 Å². The van der Waals surface area contributed by atoms with Gasteiger partial charge < -0.3 is 9.84 Å². The summed E-state index contributed by atoms with van der Waals surface area (Å²) in [5.74, 6) is -2.29. The molecule has 1 spiro atoms. The molecule has 1 aromatic carbocycles. The number of pyridine rings is 1. The topological polar surface area (TPSA) is 100 Å². The number of carbonyl (C=O) groups is 1. The number of carboxylic acid groups (broad SMARTS) is 1. The Bertz CT molecular complexity index is 1100. The average molecular weight is 516 g/mol. The van der Waals surface area contributed by atoms with Crippen molar-refractivity contribution in [3.8, 4) is 5.75 Å². The molecule has 0 bridgehead atoms. The maximum absolute atomic E-state index is 13.2. The Morgan fingerprint density at radius 2 is 1.83 bits per heavy atom. The zero-order valence-corrected chi connectivity index (χ0v) is 20.1. The molecule has 0 radical (unpaired) electrons. The van der Waals surface area contributed by atoms with E-state index in [2.05, 4.69) is 16.0 Å². The van der Waals surface area contributed by atoms with Crippen LogP contribution in [0.1, 0.15) is 25.3 Å². The zero-order chi connectivity index (χ0) is 25.7. The molecule has 0 aliphatic carbocycles. The van der Waals surface area contributed by atoms with Crippen LogP contribution >= 0.6 is 0 Å². The van der Waals surface area contributed by atoms with Crippen molar-refractivity contribution in [2.75, 3.05) is 32.8 Å². The molecule has 0 unspecified atom stereocenters. The number of piperidine rings is 1. The third-order valence-electron chi connectivity index (χ3n) is 6.15. The number of benzene rings is 1. The fourth-order valence-corrected chi connectivity index (χ4v) is 5.87. The van der Waals surface area contributed by atoms with E-state index in [4.69, 9.17) is 14.6 Å². The lowest BCUT2D eigenvalue weighted by Crippen LogP contribution is -2.51. The number of nitrogens with zero attached hydrogens (tertiary/aromatic N) is 3. The Balaban J connectivity index is 0.000000429. The molecule has 8 nitrogen and oxygen atoms in total. The van der Waals surface area contributed by atoms with Crippen molar-refractivity contribution in [2.24, 2.45) is 5.41 Å². The fraction of sp³-hybridized carbons (Fsp3) is 0.478. The van der Waals surface area contributed by atoms with E-state index in [-0.39, 0.29) is 10.3 Å². The zero-order valence-electron chi connectivity index (χ0n) is 19.2. The molecule has 1 saturated heterocycles. The Morgan fingerprint density at radius 1 is 1.17 bits per heavy atom. The van der Waals surface area contributed by atoms with Gasteiger partial charge in [-0.05, 0) is 49.7 Å². The molecule has 192 valence electrons. The molecular weight excluding hydrogens is 487 g/mol. The minimum Gasteiger partial charge on any atom is -0.492 e. The van der Waals surface area contributed by atoms with Crippen LogP contribution in [0, 0.1) is 5.41 Å². The van der Waals surface area contributed by atoms with Gasteiger partial charge in [-0.2, -0.15) is 17.5 Å². The standard InChI is InChI=1S/C21H27N3O3S.C2HF3O2/c1-2-24-16-21(17-27-19-7-3-4-8-20(19)28(24,25)26)9-12-23(13-10-21)15-18-6-5-11-22-14-18;3-2(4,5)1(6)7/h3-8,11,14H,2,9-10,12-13,15-17H2,1H3;(H,6,7). The molecule has 4 rings (SSSR count). The van der Waals surface area contributed by atoms with Gasteiger partial charge in [0.25, 0.3) is 0 Å². The minimum atomic E-state index is -5.08. The molecule has 1 aromatic heterocycles. The number of sulfonamides is 1. The van der Waals surface area contributed by atoms with Crippen molar-refractivity contribution in [2.45, 2.75) is 37.4 Å². The summed E-state index contributed by atoms with van der Waals surface area (Å²) in [4.78, 5) is 15.8. The van der Waals surface area contributed by atoms with Crippen molar-refractivity contribution in [3.05, 3.63) is 54.4 Å². The second kappa shape index (κ2) is 10.9. The van der Waals surface area contributed by atoms with E-state index in [0.29, 0.717) is 25.4 Å². The number of likely N-dealkylation sites (tertiary alicyclic amines) is 1. The largest absolute Gasteiger partial charge is 0.492 e. The highest BCUT2D eigenvalue weighted by molar-refractivity contribution is 7.89. The van der Waals surface area contributed by atoms with Gasteiger partial charge in [-0.25, -0.2) is 13.2 Å². The highest BCUT2D eigenvalue weighted by Crippen LogP contribution is 2.39. The molecule has 12 heteroatoms. The lowest BCUT2D eigenvalue weighted by Gasteiger charge is -2.44. The van der Waals surface area contributed by atoms with Crippen molar-refractivity contribution in [1.29, 1.82) is 0 Å². The summed E-state index contributed by atoms with van der Waals surface area (Å²) in [5, 5.41) is 7.12. The van der Waals surface area contributed by atoms with Crippen LogP contribution in [0.5, 0.6) is 5.75 Å². The second-order valence-electron chi connectivity index (χ2n) is 8.61. The van der Waals surface area contributed by atoms with Crippen LogP contribution in [0.3, 0.4) is 0 Å². The number of carboxylic acids is 1. The minimum absolute atomic E-state index is 0.151. The van der Waals surface area contributed by atoms with E-state index in [0.717, 1.165) is 32.5 Å². The molecular formula is C23H28F3N3O5S. The highest BCUT2D eigenvalue weighted by atomic mass is 32.2. The Hall–Kier alpha value is -2.70. The molecule has 2 aliphatic rings. The van der Waals surface area contributed by atoms with Crippen LogP contribution in [-0.2, 0) is 21.4 Å². The number of halogens is 3. The van der Waals surface area contributed by atoms with Gasteiger partial charge in [-0.3, -0.25) is 9.88 Å². The number of alkyl halides is 3. The third kappa shape index (κ3) is 6.71. The monoisotopic (exact) mass is 515 g/mol. The fourth-order valence-electron chi connectivity index (χ4n) is 4.18. The van der Waals surface area contributed by atoms with Crippen molar-refractivity contribution >= 4 is 16.0 Å². The van der Waals surface area contributed by atoms with E-state index in [1.807, 2.05) is 25.3 Å². The normalized spacial score (nSPS) is 19.9. The molecule has 35 heavy (non-hydrogen) atoms. The van der Waals surface area contributed by atoms with Gasteiger partial charge in [-0.15, -0.1) is 0 Å². The second-order valence-corrected chi connectivity index (χ2v) is 10.5. The SMILES string of the molecule is CCN1CC2(CCN(Cc3cccnc3)CC2)COc2ccccc2S1(=O)=O.O=C(O)C(F)(F)F. The van der Waals surface area contributed by atoms with E-state index >= 15 is 0 Å². The molecule has 1 N–H and O–H groups in total. The quantitative estimate of drug-likeness (QED) is 0.669. The summed E-state index contributed by atoms with van der Waals surface area (Å²) in [6, 6.07) is 11.0. The maximum Gasteiger partial charge on any atom is 0.490 e. The number of aliphatic carboxylic acids is 1. The first kappa shape index (κ1) is 26.9. The first-order valence-electron chi connectivity index (χ1n) is 11.1. The van der Waals surface area contributed by atoms with Crippen LogP contribution in [-0.4, -0.2) is 72.6 Å². The van der Waals surface area contributed by atoms with E-state index in [9.17, 15) is 21.6 Å². The maximum atomic E-state index is 13.2. The smallest absolute Gasteiger partial charge is 0.490 e. The van der Waals surface area contributed by atoms with Gasteiger partial charge in [-0.1, -0.05) is 25.1 Å². The molecule has 2 aliphatic heterocycles. The summed E-state index contributed by atoms with van der Waals surface area (Å²) in [6.07, 6.45) is 0.451. The summed E-state index contributed by atoms with van der Waals surface area (Å²) in [5.41, 5.74) is 1.06. The summed E-state index contributed by atoms with van der Waals surface area (Å²) in [6.45, 7) is 6.18. The van der Waals surface area contributed by atoms with Crippen molar-refractivity contribution < 1.29 is 36.2 Å². The number of aromatic nitrogens is 1. The first-order chi connectivity index (χ1) is 16.5. The number of para-hydroxylation sites is 1. The Morgan fingerprint density at radius 3 is 2.40 bits per heavy atom. The molecule has 2 aromatic rings. The van der Waals surface area contributed by atoms with E-state index in [1.54, 1.807) is 28.7 Å². The lowest BCUT2D eigenvalue weighted by atomic mass is 9.78. The van der Waals surface area contributed by atoms with E-state index in [1.165, 1.54) is 5.56 Å². The van der Waals surface area contributed by atoms with E-state index < -0.39 is 22.2 Å². The first-order valence-corrected chi connectivity index (χ1v) is 12.5. The summed E-state index contributed by atoms with van der Waals surface area (Å²) < 4.78 is 65.8. The molecule has 0 saturated carbocycles. The summed E-state index contributed by atoms with van der Waals surface area (Å²) >= 11 is 0. The highest BCUT2D eigenvalue weighted by Gasteiger charge is 2.42. The number of hydrogen-bond donors (Lipinski definition) is 1. The van der Waals surface area contributed by atoms with Crippen molar-refractivity contribution in [1.82, 2.24) is 14.2 Å². The van der Waals surface area contributed by atoms with Crippen LogP contribution in [0.4, 0.5) is 13.2 Å². The average Bonchev–Trinajstić information content (AvgIpc) is 2.82. The van der Waals surface area contributed by atoms with Gasteiger partial charge >= 0.3 is 12.1 Å². The van der Waals surface area contributed by atoms with Crippen LogP contribution in [0.25, 0.3) is 0 Å². The van der Waals surface area contributed by atoms with Gasteiger partial charge in [0.05, 0.1) is 6.61 Å². The van der Waals surface area contributed by atoms with Crippen LogP contribution in [0.2, 0.25) is 0 Å². The molecule has 1 fully saturated rings. The number of rotatable bonds is 3. The van der Waals surface area contributed by atoms with Gasteiger partial charge in [0, 0.05) is 37.4 Å². The third-order valence-corrected chi connectivity index (χ3v) is 8.11. The molecule has 3 heterocycles. The van der Waals surface area contributed by atoms with Crippen LogP contribution in [0.15, 0.2) is 53.7 Å². The number of fused-ring (bicyclic) bond motifs is 1. The van der Waals surface area contributed by atoms with Crippen LogP contribution < -0.4 is 4.74 Å². The predicted molar refractivity (Wildman–Crippen MR) is 121 cm³/mol. The molecule has 0 atom stereocenters. The van der Waals surface area contributed by atoms with Gasteiger partial charge in [0.2, 0.25) is 10.0 Å². The Kier molecular flexibility index (Phi) is 8.39. The molecule has 0 amide bonds. The predicted octanol–water partition coefficient (Wildman–Crippen LogP) is 3.40. The number of hydrogen-bond acceptors (Lipinski definition) is 6. The summed E-state index contributed by atoms with van der Waals surface area (Å²) in [7, 11) is -3.54. The van der Waals surface area contributed by atoms with Gasteiger partial charge in [0.1, 0.15) is 10.6 Å². The number of ether oxygens (including phenoxy) is 1. The Labute approximate surface area is 202 Å².